The molecule has 0 aromatic heterocycles. The minimum absolute atomic E-state index is 0.00905. The minimum Gasteiger partial charge on any atom is -0.462 e. The second-order valence-electron chi connectivity index (χ2n) is 8.88. The van der Waals surface area contributed by atoms with Crippen LogP contribution in [0.2, 0.25) is 0 Å². The topological polar surface area (TPSA) is 59.1 Å². The third-order valence-electron chi connectivity index (χ3n) is 6.05. The lowest BCUT2D eigenvalue weighted by atomic mass is 9.98. The number of carbonyl (C=O) groups is 2. The fourth-order valence-corrected chi connectivity index (χ4v) is 4.15. The second kappa shape index (κ2) is 8.35. The number of nitrogens with zero attached hydrogens (tertiary/aromatic N) is 2. The van der Waals surface area contributed by atoms with Crippen LogP contribution in [0.25, 0.3) is 11.1 Å². The van der Waals surface area contributed by atoms with E-state index < -0.39 is 5.79 Å². The van der Waals surface area contributed by atoms with Crippen molar-refractivity contribution >= 4 is 11.8 Å². The summed E-state index contributed by atoms with van der Waals surface area (Å²) >= 11 is 0. The molecule has 2 amide bonds. The highest BCUT2D eigenvalue weighted by Gasteiger charge is 2.42. The Morgan fingerprint density at radius 1 is 1.00 bits per heavy atom. The Balaban J connectivity index is 1.46. The van der Waals surface area contributed by atoms with Crippen molar-refractivity contribution < 1.29 is 19.1 Å². The van der Waals surface area contributed by atoms with E-state index in [-0.39, 0.29) is 17.7 Å². The first kappa shape index (κ1) is 21.4. The molecule has 0 saturated carbocycles. The zero-order chi connectivity index (χ0) is 22.2. The number of fused-ring (bicyclic) bond motifs is 1. The summed E-state index contributed by atoms with van der Waals surface area (Å²) in [7, 11) is 3.50. The lowest BCUT2D eigenvalue weighted by Crippen LogP contribution is -2.53. The second-order valence-corrected chi connectivity index (χ2v) is 8.88. The summed E-state index contributed by atoms with van der Waals surface area (Å²) in [5.74, 6) is 0.393. The van der Waals surface area contributed by atoms with Crippen LogP contribution in [-0.2, 0) is 16.1 Å². The van der Waals surface area contributed by atoms with Gasteiger partial charge in [-0.2, -0.15) is 0 Å². The van der Waals surface area contributed by atoms with Gasteiger partial charge in [-0.05, 0) is 35.4 Å². The maximum atomic E-state index is 12.3. The predicted molar refractivity (Wildman–Crippen MR) is 119 cm³/mol. The summed E-state index contributed by atoms with van der Waals surface area (Å²) in [6.45, 7) is 5.66. The van der Waals surface area contributed by atoms with Gasteiger partial charge in [-0.25, -0.2) is 0 Å². The van der Waals surface area contributed by atoms with Crippen molar-refractivity contribution in [1.82, 2.24) is 9.80 Å². The van der Waals surface area contributed by atoms with Crippen LogP contribution in [0.3, 0.4) is 0 Å². The molecule has 0 unspecified atom stereocenters. The van der Waals surface area contributed by atoms with Crippen LogP contribution in [0.15, 0.2) is 42.5 Å². The van der Waals surface area contributed by atoms with E-state index in [1.165, 1.54) is 0 Å². The molecule has 1 saturated heterocycles. The third kappa shape index (κ3) is 4.30. The molecule has 0 atom stereocenters. The molecule has 2 aromatic carbocycles. The number of piperidine rings is 1. The lowest BCUT2D eigenvalue weighted by Gasteiger charge is -2.44. The highest BCUT2D eigenvalue weighted by atomic mass is 16.7. The molecule has 2 aliphatic rings. The van der Waals surface area contributed by atoms with Crippen molar-refractivity contribution in [2.45, 2.75) is 39.1 Å². The fourth-order valence-electron chi connectivity index (χ4n) is 4.15. The minimum atomic E-state index is -0.642. The van der Waals surface area contributed by atoms with E-state index in [1.54, 1.807) is 19.0 Å². The number of amides is 2. The van der Waals surface area contributed by atoms with Gasteiger partial charge in [0.25, 0.3) is 5.91 Å². The summed E-state index contributed by atoms with van der Waals surface area (Å²) in [5, 5.41) is 0. The van der Waals surface area contributed by atoms with Crippen LogP contribution in [0.1, 0.15) is 42.6 Å². The molecule has 1 spiro atoms. The Labute approximate surface area is 183 Å². The monoisotopic (exact) mass is 422 g/mol. The molecule has 0 radical (unpaired) electrons. The Kier molecular flexibility index (Phi) is 5.75. The Morgan fingerprint density at radius 3 is 2.26 bits per heavy atom. The summed E-state index contributed by atoms with van der Waals surface area (Å²) in [6.07, 6.45) is 1.35. The molecule has 1 fully saturated rings. The number of carbonyl (C=O) groups excluding carboxylic acids is 2. The van der Waals surface area contributed by atoms with Crippen LogP contribution in [0.5, 0.6) is 5.75 Å². The molecule has 0 N–H and O–H groups in total. The maximum Gasteiger partial charge on any atom is 0.253 e. The lowest BCUT2D eigenvalue weighted by molar-refractivity contribution is -0.228. The standard InChI is InChI=1S/C25H30N2O4/c1-17(2)23(28)27-13-11-25(12-14-27)30-16-21-15-20(9-10-22(21)31-25)18-5-7-19(8-6-18)24(29)26(3)4/h5-10,15,17H,11-14,16H2,1-4H3. The zero-order valence-electron chi connectivity index (χ0n) is 18.7. The van der Waals surface area contributed by atoms with Gasteiger partial charge in [-0.1, -0.05) is 32.0 Å². The molecule has 4 rings (SSSR count). The van der Waals surface area contributed by atoms with Crippen LogP contribution in [0, 0.1) is 5.92 Å². The van der Waals surface area contributed by atoms with Crippen molar-refractivity contribution in [3.63, 3.8) is 0 Å². The number of likely N-dealkylation sites (tertiary alicyclic amines) is 1. The molecule has 31 heavy (non-hydrogen) atoms. The molecule has 0 aliphatic carbocycles. The van der Waals surface area contributed by atoms with Gasteiger partial charge in [0.2, 0.25) is 11.7 Å². The molecular formula is C25H30N2O4. The Hall–Kier alpha value is -2.86. The van der Waals surface area contributed by atoms with Gasteiger partial charge in [0, 0.05) is 57.1 Å². The fraction of sp³-hybridized carbons (Fsp3) is 0.440. The van der Waals surface area contributed by atoms with Gasteiger partial charge in [0.05, 0.1) is 6.61 Å². The smallest absolute Gasteiger partial charge is 0.253 e. The van der Waals surface area contributed by atoms with Crippen molar-refractivity contribution in [2.75, 3.05) is 27.2 Å². The van der Waals surface area contributed by atoms with Gasteiger partial charge < -0.3 is 19.3 Å². The summed E-state index contributed by atoms with van der Waals surface area (Å²) in [5.41, 5.74) is 3.78. The average Bonchev–Trinajstić information content (AvgIpc) is 2.78. The summed E-state index contributed by atoms with van der Waals surface area (Å²) < 4.78 is 12.5. The third-order valence-corrected chi connectivity index (χ3v) is 6.05. The molecule has 6 nitrogen and oxygen atoms in total. The van der Waals surface area contributed by atoms with E-state index >= 15 is 0 Å². The van der Waals surface area contributed by atoms with Crippen LogP contribution in [-0.4, -0.2) is 54.6 Å². The molecule has 2 heterocycles. The average molecular weight is 423 g/mol. The quantitative estimate of drug-likeness (QED) is 0.752. The molecule has 6 heteroatoms. The number of hydrogen-bond acceptors (Lipinski definition) is 4. The Morgan fingerprint density at radius 2 is 1.65 bits per heavy atom. The summed E-state index contributed by atoms with van der Waals surface area (Å²) in [6, 6.07) is 13.8. The first-order valence-electron chi connectivity index (χ1n) is 10.8. The molecule has 2 aromatic rings. The number of ether oxygens (including phenoxy) is 2. The van der Waals surface area contributed by atoms with E-state index in [9.17, 15) is 9.59 Å². The highest BCUT2D eigenvalue weighted by molar-refractivity contribution is 5.94. The van der Waals surface area contributed by atoms with E-state index in [0.717, 1.165) is 22.4 Å². The van der Waals surface area contributed by atoms with Gasteiger partial charge in [0.15, 0.2) is 0 Å². The van der Waals surface area contributed by atoms with Gasteiger partial charge in [-0.15, -0.1) is 0 Å². The van der Waals surface area contributed by atoms with Crippen molar-refractivity contribution in [1.29, 1.82) is 0 Å². The SMILES string of the molecule is CC(C)C(=O)N1CCC2(CC1)OCc1cc(-c3ccc(C(=O)N(C)C)cc3)ccc1O2. The predicted octanol–water partition coefficient (Wildman–Crippen LogP) is 3.94. The van der Waals surface area contributed by atoms with Gasteiger partial charge in [-0.3, -0.25) is 9.59 Å². The van der Waals surface area contributed by atoms with Gasteiger partial charge >= 0.3 is 0 Å². The van der Waals surface area contributed by atoms with Crippen molar-refractivity contribution in [2.24, 2.45) is 5.92 Å². The normalized spacial score (nSPS) is 17.3. The first-order chi connectivity index (χ1) is 14.8. The summed E-state index contributed by atoms with van der Waals surface area (Å²) in [4.78, 5) is 27.8. The Bertz CT molecular complexity index is 974. The zero-order valence-corrected chi connectivity index (χ0v) is 18.7. The molecule has 0 bridgehead atoms. The maximum absolute atomic E-state index is 12.3. The van der Waals surface area contributed by atoms with Crippen molar-refractivity contribution in [3.05, 3.63) is 53.6 Å². The molecule has 164 valence electrons. The largest absolute Gasteiger partial charge is 0.462 e. The molecular weight excluding hydrogens is 392 g/mol. The van der Waals surface area contributed by atoms with E-state index in [1.807, 2.05) is 55.1 Å². The van der Waals surface area contributed by atoms with E-state index in [0.29, 0.717) is 38.1 Å². The van der Waals surface area contributed by atoms with Crippen LogP contribution >= 0.6 is 0 Å². The van der Waals surface area contributed by atoms with E-state index in [4.69, 9.17) is 9.47 Å². The molecule has 2 aliphatic heterocycles. The first-order valence-corrected chi connectivity index (χ1v) is 10.8. The van der Waals surface area contributed by atoms with Crippen molar-refractivity contribution in [3.8, 4) is 16.9 Å². The van der Waals surface area contributed by atoms with Crippen LogP contribution in [0.4, 0.5) is 0 Å². The number of benzene rings is 2. The van der Waals surface area contributed by atoms with E-state index in [2.05, 4.69) is 6.07 Å². The highest BCUT2D eigenvalue weighted by Crippen LogP contribution is 2.39. The van der Waals surface area contributed by atoms with Gasteiger partial charge in [0.1, 0.15) is 5.75 Å². The number of hydrogen-bond donors (Lipinski definition) is 0. The number of rotatable bonds is 3. The van der Waals surface area contributed by atoms with Crippen LogP contribution < -0.4 is 4.74 Å².